The van der Waals surface area contributed by atoms with E-state index in [0.29, 0.717) is 11.8 Å². The fourth-order valence-electron chi connectivity index (χ4n) is 4.04. The molecule has 1 aromatic carbocycles. The van der Waals surface area contributed by atoms with Crippen molar-refractivity contribution < 1.29 is 31.9 Å². The van der Waals surface area contributed by atoms with E-state index in [2.05, 4.69) is 9.97 Å². The Morgan fingerprint density at radius 1 is 1.17 bits per heavy atom. The number of carboxylic acid groups (broad SMARTS) is 1. The molecule has 0 aliphatic carbocycles. The van der Waals surface area contributed by atoms with Crippen LogP contribution in [0, 0.1) is 11.6 Å². The minimum atomic E-state index is -4.18. The van der Waals surface area contributed by atoms with Crippen molar-refractivity contribution >= 4 is 27.6 Å². The van der Waals surface area contributed by atoms with Gasteiger partial charge < -0.3 is 5.11 Å². The van der Waals surface area contributed by atoms with Crippen LogP contribution in [-0.4, -0.2) is 59.3 Å². The first-order valence-corrected chi connectivity index (χ1v) is 10.4. The van der Waals surface area contributed by atoms with Crippen LogP contribution in [0.5, 0.6) is 0 Å². The normalized spacial score (nSPS) is 18.6. The van der Waals surface area contributed by atoms with E-state index in [4.69, 9.17) is 5.11 Å². The molecule has 1 N–H and O–H groups in total. The van der Waals surface area contributed by atoms with Crippen LogP contribution in [0.25, 0.3) is 0 Å². The molecule has 0 saturated carbocycles. The van der Waals surface area contributed by atoms with Crippen LogP contribution in [0.4, 0.5) is 14.5 Å². The molecule has 0 radical (unpaired) electrons. The number of piperidine rings is 1. The molecule has 9 nitrogen and oxygen atoms in total. The zero-order valence-corrected chi connectivity index (χ0v) is 16.3. The minimum absolute atomic E-state index is 0.0446. The van der Waals surface area contributed by atoms with Gasteiger partial charge in [0.15, 0.2) is 0 Å². The van der Waals surface area contributed by atoms with Gasteiger partial charge in [-0.1, -0.05) is 0 Å². The first-order valence-electron chi connectivity index (χ1n) is 8.96. The number of amides is 1. The number of hydrogen-bond acceptors (Lipinski definition) is 6. The molecule has 0 bridgehead atoms. The predicted octanol–water partition coefficient (Wildman–Crippen LogP) is 0.908. The second-order valence-corrected chi connectivity index (χ2v) is 9.07. The van der Waals surface area contributed by atoms with Crippen LogP contribution in [-0.2, 0) is 25.0 Å². The molecule has 4 rings (SSSR count). The molecular formula is C18H16F2N4O5S. The lowest BCUT2D eigenvalue weighted by atomic mass is 9.77. The fourth-order valence-corrected chi connectivity index (χ4v) is 5.52. The summed E-state index contributed by atoms with van der Waals surface area (Å²) in [6, 6.07) is 2.05. The summed E-state index contributed by atoms with van der Waals surface area (Å²) >= 11 is 0. The Morgan fingerprint density at radius 2 is 1.80 bits per heavy atom. The number of carbonyl (C=O) groups is 2. The molecule has 3 heterocycles. The SMILES string of the molecule is O=C(O)CN1C(=O)C2(CCN(S(=O)(=O)c3cc(F)cc(F)c3)CC2)c2ncncc21. The summed E-state index contributed by atoms with van der Waals surface area (Å²) in [5, 5.41) is 9.14. The highest BCUT2D eigenvalue weighted by Gasteiger charge is 2.54. The predicted molar refractivity (Wildman–Crippen MR) is 98.0 cm³/mol. The summed E-state index contributed by atoms with van der Waals surface area (Å²) in [5.74, 6) is -3.71. The molecule has 0 unspecified atom stereocenters. The minimum Gasteiger partial charge on any atom is -0.480 e. The summed E-state index contributed by atoms with van der Waals surface area (Å²) in [7, 11) is -4.18. The van der Waals surface area contributed by atoms with Gasteiger partial charge in [-0.2, -0.15) is 4.31 Å². The van der Waals surface area contributed by atoms with Crippen LogP contribution in [0.1, 0.15) is 18.5 Å². The van der Waals surface area contributed by atoms with E-state index in [0.717, 1.165) is 21.3 Å². The Bertz CT molecular complexity index is 1130. The fraction of sp³-hybridized carbons (Fsp3) is 0.333. The van der Waals surface area contributed by atoms with Crippen LogP contribution in [0.2, 0.25) is 0 Å². The number of sulfonamides is 1. The number of carbonyl (C=O) groups excluding carboxylic acids is 1. The molecular weight excluding hydrogens is 422 g/mol. The number of hydrogen-bond donors (Lipinski definition) is 1. The van der Waals surface area contributed by atoms with Crippen LogP contribution in [0.15, 0.2) is 35.6 Å². The Labute approximate surface area is 170 Å². The van der Waals surface area contributed by atoms with Crippen molar-refractivity contribution in [2.45, 2.75) is 23.2 Å². The van der Waals surface area contributed by atoms with E-state index in [1.807, 2.05) is 0 Å². The lowest BCUT2D eigenvalue weighted by Crippen LogP contribution is -2.50. The van der Waals surface area contributed by atoms with Gasteiger partial charge in [-0.3, -0.25) is 14.5 Å². The molecule has 30 heavy (non-hydrogen) atoms. The molecule has 1 aromatic heterocycles. The largest absolute Gasteiger partial charge is 0.480 e. The third-order valence-electron chi connectivity index (χ3n) is 5.43. The Hall–Kier alpha value is -2.99. The maximum absolute atomic E-state index is 13.5. The van der Waals surface area contributed by atoms with Gasteiger partial charge in [-0.25, -0.2) is 27.2 Å². The third kappa shape index (κ3) is 3.12. The number of benzene rings is 1. The Kier molecular flexibility index (Phi) is 4.77. The second-order valence-electron chi connectivity index (χ2n) is 7.13. The number of anilines is 1. The second kappa shape index (κ2) is 7.06. The average molecular weight is 438 g/mol. The number of rotatable bonds is 4. The monoisotopic (exact) mass is 438 g/mol. The molecule has 2 aromatic rings. The Balaban J connectivity index is 1.64. The maximum atomic E-state index is 13.5. The van der Waals surface area contributed by atoms with E-state index in [1.165, 1.54) is 12.5 Å². The standard InChI is InChI=1S/C18H16F2N4O5S/c19-11-5-12(20)7-13(6-11)30(28,29)23-3-1-18(2-4-23)16-14(8-21-10-22-16)24(17(18)27)9-15(25)26/h5-8,10H,1-4,9H2,(H,25,26). The van der Waals surface area contributed by atoms with Crippen molar-refractivity contribution in [3.05, 3.63) is 48.1 Å². The molecule has 1 spiro atoms. The highest BCUT2D eigenvalue weighted by Crippen LogP contribution is 2.47. The smallest absolute Gasteiger partial charge is 0.323 e. The van der Waals surface area contributed by atoms with Gasteiger partial charge in [-0.15, -0.1) is 0 Å². The maximum Gasteiger partial charge on any atom is 0.323 e. The van der Waals surface area contributed by atoms with Gasteiger partial charge in [0.1, 0.15) is 24.5 Å². The van der Waals surface area contributed by atoms with E-state index in [1.54, 1.807) is 0 Å². The molecule has 2 aliphatic rings. The van der Waals surface area contributed by atoms with Gasteiger partial charge >= 0.3 is 5.97 Å². The topological polar surface area (TPSA) is 121 Å². The highest BCUT2D eigenvalue weighted by atomic mass is 32.2. The number of halogens is 2. The quantitative estimate of drug-likeness (QED) is 0.753. The van der Waals surface area contributed by atoms with Crippen molar-refractivity contribution in [3.63, 3.8) is 0 Å². The first-order chi connectivity index (χ1) is 14.1. The van der Waals surface area contributed by atoms with E-state index in [9.17, 15) is 26.8 Å². The van der Waals surface area contributed by atoms with Crippen molar-refractivity contribution in [2.24, 2.45) is 0 Å². The first kappa shape index (κ1) is 20.3. The number of carboxylic acids is 1. The van der Waals surface area contributed by atoms with Crippen LogP contribution in [0.3, 0.4) is 0 Å². The summed E-state index contributed by atoms with van der Waals surface area (Å²) < 4.78 is 53.7. The lowest BCUT2D eigenvalue weighted by molar-refractivity contribution is -0.137. The number of nitrogens with zero attached hydrogens (tertiary/aromatic N) is 4. The van der Waals surface area contributed by atoms with Crippen molar-refractivity contribution in [1.29, 1.82) is 0 Å². The molecule has 2 aliphatic heterocycles. The van der Waals surface area contributed by atoms with Crippen LogP contribution >= 0.6 is 0 Å². The number of fused-ring (bicyclic) bond motifs is 2. The Morgan fingerprint density at radius 3 is 2.40 bits per heavy atom. The molecule has 0 atom stereocenters. The van der Waals surface area contributed by atoms with E-state index >= 15 is 0 Å². The zero-order valence-electron chi connectivity index (χ0n) is 15.5. The molecule has 1 amide bonds. The third-order valence-corrected chi connectivity index (χ3v) is 7.31. The van der Waals surface area contributed by atoms with E-state index in [-0.39, 0.29) is 31.6 Å². The summed E-state index contributed by atoms with van der Waals surface area (Å²) in [5.41, 5.74) is -0.529. The molecule has 1 saturated heterocycles. The van der Waals surface area contributed by atoms with Gasteiger partial charge in [-0.05, 0) is 25.0 Å². The van der Waals surface area contributed by atoms with Gasteiger partial charge in [0, 0.05) is 19.2 Å². The summed E-state index contributed by atoms with van der Waals surface area (Å²) in [6.45, 7) is -0.765. The molecule has 12 heteroatoms. The van der Waals surface area contributed by atoms with Crippen molar-refractivity contribution in [3.8, 4) is 0 Å². The van der Waals surface area contributed by atoms with Crippen molar-refractivity contribution in [2.75, 3.05) is 24.5 Å². The van der Waals surface area contributed by atoms with Gasteiger partial charge in [0.05, 0.1) is 27.9 Å². The van der Waals surface area contributed by atoms with Crippen molar-refractivity contribution in [1.82, 2.24) is 14.3 Å². The van der Waals surface area contributed by atoms with Gasteiger partial charge in [0.25, 0.3) is 0 Å². The lowest BCUT2D eigenvalue weighted by Gasteiger charge is -2.37. The highest BCUT2D eigenvalue weighted by molar-refractivity contribution is 7.89. The number of aromatic nitrogens is 2. The average Bonchev–Trinajstić information content (AvgIpc) is 2.90. The summed E-state index contributed by atoms with van der Waals surface area (Å²) in [6.07, 6.45) is 2.69. The van der Waals surface area contributed by atoms with E-state index < -0.39 is 50.4 Å². The zero-order chi connectivity index (χ0) is 21.7. The molecule has 158 valence electrons. The number of aliphatic carboxylic acids is 1. The van der Waals surface area contributed by atoms with Gasteiger partial charge in [0.2, 0.25) is 15.9 Å². The van der Waals surface area contributed by atoms with Crippen LogP contribution < -0.4 is 4.90 Å². The molecule has 1 fully saturated rings. The summed E-state index contributed by atoms with van der Waals surface area (Å²) in [4.78, 5) is 32.9.